The molecule has 0 fully saturated rings. The van der Waals surface area contributed by atoms with Gasteiger partial charge >= 0.3 is 6.18 Å². The van der Waals surface area contributed by atoms with Gasteiger partial charge in [0, 0.05) is 29.9 Å². The van der Waals surface area contributed by atoms with Crippen molar-refractivity contribution < 1.29 is 13.2 Å². The Morgan fingerprint density at radius 2 is 1.79 bits per heavy atom. The van der Waals surface area contributed by atoms with Crippen molar-refractivity contribution in [3.05, 3.63) is 54.6 Å². The number of alkyl halides is 3. The Balaban J connectivity index is 1.89. The summed E-state index contributed by atoms with van der Waals surface area (Å²) >= 11 is 1.17. The molecule has 9 heteroatoms. The van der Waals surface area contributed by atoms with E-state index in [1.807, 2.05) is 6.07 Å². The number of nitrogens with zero attached hydrogens (tertiary/aromatic N) is 5. The van der Waals surface area contributed by atoms with Crippen molar-refractivity contribution in [2.75, 3.05) is 0 Å². The van der Waals surface area contributed by atoms with Crippen molar-refractivity contribution >= 4 is 11.8 Å². The zero-order valence-electron chi connectivity index (χ0n) is 12.3. The van der Waals surface area contributed by atoms with Crippen LogP contribution in [0.5, 0.6) is 0 Å². The molecule has 124 valence electrons. The number of hydrogen-bond acceptors (Lipinski definition) is 5. The van der Waals surface area contributed by atoms with Crippen LogP contribution in [0.4, 0.5) is 13.2 Å². The first kappa shape index (κ1) is 16.4. The summed E-state index contributed by atoms with van der Waals surface area (Å²) in [6.45, 7) is -1.15. The molecule has 0 radical (unpaired) electrons. The van der Waals surface area contributed by atoms with Gasteiger partial charge in [0.2, 0.25) is 0 Å². The van der Waals surface area contributed by atoms with E-state index in [9.17, 15) is 13.2 Å². The van der Waals surface area contributed by atoms with Crippen LogP contribution >= 0.6 is 11.8 Å². The first-order valence-corrected chi connectivity index (χ1v) is 7.94. The third kappa shape index (κ3) is 4.10. The molecule has 0 aliphatic rings. The molecule has 0 atom stereocenters. The molecule has 0 N–H and O–H groups in total. The fraction of sp³-hybridized carbons (Fsp3) is 0.200. The molecule has 3 aromatic heterocycles. The topological polar surface area (TPSA) is 56.5 Å². The van der Waals surface area contributed by atoms with Crippen molar-refractivity contribution in [1.82, 2.24) is 24.7 Å². The Labute approximate surface area is 140 Å². The van der Waals surface area contributed by atoms with Crippen LogP contribution in [-0.4, -0.2) is 30.9 Å². The Bertz CT molecular complexity index is 790. The van der Waals surface area contributed by atoms with E-state index < -0.39 is 12.7 Å². The summed E-state index contributed by atoms with van der Waals surface area (Å²) in [5, 5.41) is 8.05. The third-order valence-corrected chi connectivity index (χ3v) is 4.07. The highest BCUT2D eigenvalue weighted by molar-refractivity contribution is 7.98. The molecular formula is C15H12F3N5S. The molecule has 0 bridgehead atoms. The predicted octanol–water partition coefficient (Wildman–Crippen LogP) is 3.59. The summed E-state index contributed by atoms with van der Waals surface area (Å²) in [6.07, 6.45) is 0.272. The van der Waals surface area contributed by atoms with Gasteiger partial charge in [-0.3, -0.25) is 14.5 Å². The van der Waals surface area contributed by atoms with Crippen molar-refractivity contribution in [2.45, 2.75) is 23.6 Å². The van der Waals surface area contributed by atoms with Crippen molar-refractivity contribution in [3.8, 4) is 11.4 Å². The maximum Gasteiger partial charge on any atom is 0.406 e. The van der Waals surface area contributed by atoms with E-state index in [1.165, 1.54) is 24.2 Å². The van der Waals surface area contributed by atoms with Gasteiger partial charge in [0.25, 0.3) is 0 Å². The van der Waals surface area contributed by atoms with E-state index in [4.69, 9.17) is 0 Å². The Morgan fingerprint density at radius 3 is 2.46 bits per heavy atom. The number of thioether (sulfide) groups is 1. The molecule has 3 heterocycles. The lowest BCUT2D eigenvalue weighted by atomic mass is 10.2. The highest BCUT2D eigenvalue weighted by Crippen LogP contribution is 2.29. The zero-order chi connectivity index (χ0) is 17.0. The minimum atomic E-state index is -4.37. The van der Waals surface area contributed by atoms with Gasteiger partial charge in [-0.15, -0.1) is 10.2 Å². The van der Waals surface area contributed by atoms with Crippen LogP contribution in [0.15, 0.2) is 54.1 Å². The molecule has 24 heavy (non-hydrogen) atoms. The SMILES string of the molecule is FC(F)(F)Cn1c(SCc2ccccn2)nnc1-c1ccncc1. The highest BCUT2D eigenvalue weighted by atomic mass is 32.2. The number of rotatable bonds is 5. The van der Waals surface area contributed by atoms with Gasteiger partial charge in [0.1, 0.15) is 6.54 Å². The predicted molar refractivity (Wildman–Crippen MR) is 83.1 cm³/mol. The van der Waals surface area contributed by atoms with Crippen LogP contribution in [0.2, 0.25) is 0 Å². The molecule has 0 unspecified atom stereocenters. The molecular weight excluding hydrogens is 339 g/mol. The van der Waals surface area contributed by atoms with Crippen LogP contribution in [0.1, 0.15) is 5.69 Å². The minimum absolute atomic E-state index is 0.165. The number of aromatic nitrogens is 5. The normalized spacial score (nSPS) is 11.6. The first-order chi connectivity index (χ1) is 11.5. The largest absolute Gasteiger partial charge is 0.406 e. The standard InChI is InChI=1S/C15H12F3N5S/c16-15(17,18)10-23-13(11-4-7-19-8-5-11)21-22-14(23)24-9-12-3-1-2-6-20-12/h1-8H,9-10H2. The van der Waals surface area contributed by atoms with E-state index in [-0.39, 0.29) is 11.0 Å². The molecule has 0 saturated carbocycles. The van der Waals surface area contributed by atoms with Crippen molar-refractivity contribution in [3.63, 3.8) is 0 Å². The zero-order valence-corrected chi connectivity index (χ0v) is 13.1. The summed E-state index contributed by atoms with van der Waals surface area (Å²) in [4.78, 5) is 8.02. The quantitative estimate of drug-likeness (QED) is 0.658. The molecule has 5 nitrogen and oxygen atoms in total. The van der Waals surface area contributed by atoms with Crippen LogP contribution in [0.3, 0.4) is 0 Å². The van der Waals surface area contributed by atoms with Crippen molar-refractivity contribution in [2.24, 2.45) is 0 Å². The average Bonchev–Trinajstić information content (AvgIpc) is 2.95. The maximum atomic E-state index is 12.9. The molecule has 0 aliphatic heterocycles. The number of halogens is 3. The molecule has 0 saturated heterocycles. The highest BCUT2D eigenvalue weighted by Gasteiger charge is 2.31. The van der Waals surface area contributed by atoms with Gasteiger partial charge in [0.05, 0.1) is 5.69 Å². The fourth-order valence-electron chi connectivity index (χ4n) is 2.05. The smallest absolute Gasteiger partial charge is 0.293 e. The maximum absolute atomic E-state index is 12.9. The second-order valence-electron chi connectivity index (χ2n) is 4.85. The average molecular weight is 351 g/mol. The summed E-state index contributed by atoms with van der Waals surface area (Å²) in [5.41, 5.74) is 1.29. The summed E-state index contributed by atoms with van der Waals surface area (Å²) < 4.78 is 39.9. The van der Waals surface area contributed by atoms with Crippen molar-refractivity contribution in [1.29, 1.82) is 0 Å². The van der Waals surface area contributed by atoms with Gasteiger partial charge in [-0.25, -0.2) is 0 Å². The van der Waals surface area contributed by atoms with E-state index in [0.717, 1.165) is 10.3 Å². The summed E-state index contributed by atoms with van der Waals surface area (Å²) in [5.74, 6) is 0.575. The van der Waals surface area contributed by atoms with E-state index in [0.29, 0.717) is 11.3 Å². The summed E-state index contributed by atoms with van der Waals surface area (Å²) in [6, 6.07) is 8.61. The van der Waals surface area contributed by atoms with Crippen LogP contribution in [-0.2, 0) is 12.3 Å². The van der Waals surface area contributed by atoms with Gasteiger partial charge in [0.15, 0.2) is 11.0 Å². The first-order valence-electron chi connectivity index (χ1n) is 6.96. The second kappa shape index (κ2) is 7.00. The Kier molecular flexibility index (Phi) is 4.79. The Hall–Kier alpha value is -2.42. The lowest BCUT2D eigenvalue weighted by molar-refractivity contribution is -0.141. The van der Waals surface area contributed by atoms with Gasteiger partial charge in [-0.2, -0.15) is 13.2 Å². The number of hydrogen-bond donors (Lipinski definition) is 0. The monoisotopic (exact) mass is 351 g/mol. The third-order valence-electron chi connectivity index (χ3n) is 3.07. The summed E-state index contributed by atoms with van der Waals surface area (Å²) in [7, 11) is 0. The van der Waals surface area contributed by atoms with Crippen LogP contribution in [0.25, 0.3) is 11.4 Å². The molecule has 0 aromatic carbocycles. The van der Waals surface area contributed by atoms with Crippen LogP contribution in [0, 0.1) is 0 Å². The van der Waals surface area contributed by atoms with Gasteiger partial charge in [-0.1, -0.05) is 17.8 Å². The molecule has 0 aliphatic carbocycles. The van der Waals surface area contributed by atoms with Gasteiger partial charge < -0.3 is 0 Å². The lowest BCUT2D eigenvalue weighted by Crippen LogP contribution is -2.19. The molecule has 3 aromatic rings. The van der Waals surface area contributed by atoms with E-state index >= 15 is 0 Å². The molecule has 0 amide bonds. The van der Waals surface area contributed by atoms with Gasteiger partial charge in [-0.05, 0) is 24.3 Å². The van der Waals surface area contributed by atoms with E-state index in [1.54, 1.807) is 30.5 Å². The lowest BCUT2D eigenvalue weighted by Gasteiger charge is -2.12. The van der Waals surface area contributed by atoms with Crippen LogP contribution < -0.4 is 0 Å². The second-order valence-corrected chi connectivity index (χ2v) is 5.80. The van der Waals surface area contributed by atoms with E-state index in [2.05, 4.69) is 20.2 Å². The molecule has 3 rings (SSSR count). The molecule has 0 spiro atoms. The number of pyridine rings is 2. The Morgan fingerprint density at radius 1 is 1.00 bits per heavy atom. The fourth-order valence-corrected chi connectivity index (χ4v) is 2.91. The minimum Gasteiger partial charge on any atom is -0.293 e.